The molecule has 2 aromatic rings. The Balaban J connectivity index is 1.97. The van der Waals surface area contributed by atoms with E-state index in [1.54, 1.807) is 20.3 Å². The SMILES string of the molecule is COc1cc(Cl)c(C[C@@H]2C(=O)Nc3c(C)cccc32)cc1OC. The number of amides is 1. The number of rotatable bonds is 4. The van der Waals surface area contributed by atoms with Crippen LogP contribution in [-0.2, 0) is 11.2 Å². The van der Waals surface area contributed by atoms with Gasteiger partial charge in [-0.1, -0.05) is 29.8 Å². The number of carbonyl (C=O) groups is 1. The first-order valence-corrected chi connectivity index (χ1v) is 7.73. The highest BCUT2D eigenvalue weighted by Gasteiger charge is 2.32. The fraction of sp³-hybridized carbons (Fsp3) is 0.278. The van der Waals surface area contributed by atoms with Crippen molar-refractivity contribution in [3.63, 3.8) is 0 Å². The molecule has 1 N–H and O–H groups in total. The molecule has 120 valence electrons. The van der Waals surface area contributed by atoms with Crippen molar-refractivity contribution in [3.05, 3.63) is 52.0 Å². The fourth-order valence-corrected chi connectivity index (χ4v) is 3.21. The molecule has 1 amide bonds. The number of methoxy groups -OCH3 is 2. The molecule has 0 saturated carbocycles. The van der Waals surface area contributed by atoms with E-state index in [2.05, 4.69) is 5.32 Å². The summed E-state index contributed by atoms with van der Waals surface area (Å²) in [5, 5.41) is 3.53. The summed E-state index contributed by atoms with van der Waals surface area (Å²) in [7, 11) is 3.15. The first-order valence-electron chi connectivity index (χ1n) is 7.36. The van der Waals surface area contributed by atoms with E-state index in [1.807, 2.05) is 31.2 Å². The van der Waals surface area contributed by atoms with Crippen LogP contribution in [0.3, 0.4) is 0 Å². The van der Waals surface area contributed by atoms with Gasteiger partial charge in [0.05, 0.1) is 20.1 Å². The number of para-hydroxylation sites is 1. The number of anilines is 1. The number of halogens is 1. The Bertz CT molecular complexity index is 773. The molecule has 0 spiro atoms. The van der Waals surface area contributed by atoms with E-state index >= 15 is 0 Å². The Labute approximate surface area is 140 Å². The van der Waals surface area contributed by atoms with E-state index in [4.69, 9.17) is 21.1 Å². The zero-order chi connectivity index (χ0) is 16.6. The number of hydrogen-bond acceptors (Lipinski definition) is 3. The Hall–Kier alpha value is -2.20. The molecule has 0 fully saturated rings. The summed E-state index contributed by atoms with van der Waals surface area (Å²) in [4.78, 5) is 12.4. The lowest BCUT2D eigenvalue weighted by Gasteiger charge is -2.14. The number of nitrogens with one attached hydrogen (secondary N) is 1. The van der Waals surface area contributed by atoms with Gasteiger partial charge in [-0.3, -0.25) is 4.79 Å². The van der Waals surface area contributed by atoms with Crippen molar-refractivity contribution in [3.8, 4) is 11.5 Å². The summed E-state index contributed by atoms with van der Waals surface area (Å²) in [6.45, 7) is 1.99. The summed E-state index contributed by atoms with van der Waals surface area (Å²) in [6.07, 6.45) is 0.515. The molecule has 23 heavy (non-hydrogen) atoms. The summed E-state index contributed by atoms with van der Waals surface area (Å²) in [6, 6.07) is 9.50. The van der Waals surface area contributed by atoms with Gasteiger partial charge in [0.2, 0.25) is 5.91 Å². The van der Waals surface area contributed by atoms with Gasteiger partial charge < -0.3 is 14.8 Å². The molecular weight excluding hydrogens is 314 g/mol. The number of benzene rings is 2. The Morgan fingerprint density at radius 3 is 2.57 bits per heavy atom. The molecule has 0 radical (unpaired) electrons. The second-order valence-corrected chi connectivity index (χ2v) is 5.99. The van der Waals surface area contributed by atoms with Crippen LogP contribution in [0.5, 0.6) is 11.5 Å². The molecule has 5 heteroatoms. The minimum atomic E-state index is -0.250. The molecule has 1 aliphatic rings. The molecule has 1 heterocycles. The first-order chi connectivity index (χ1) is 11.0. The van der Waals surface area contributed by atoms with Crippen LogP contribution < -0.4 is 14.8 Å². The third kappa shape index (κ3) is 2.75. The maximum Gasteiger partial charge on any atom is 0.232 e. The fourth-order valence-electron chi connectivity index (χ4n) is 2.98. The largest absolute Gasteiger partial charge is 0.493 e. The van der Waals surface area contributed by atoms with Crippen molar-refractivity contribution in [1.82, 2.24) is 0 Å². The molecule has 1 aliphatic heterocycles. The Kier molecular flexibility index (Phi) is 4.18. The summed E-state index contributed by atoms with van der Waals surface area (Å²) < 4.78 is 10.6. The predicted molar refractivity (Wildman–Crippen MR) is 90.8 cm³/mol. The van der Waals surface area contributed by atoms with E-state index < -0.39 is 0 Å². The molecule has 2 aromatic carbocycles. The maximum atomic E-state index is 12.4. The smallest absolute Gasteiger partial charge is 0.232 e. The Morgan fingerprint density at radius 2 is 1.87 bits per heavy atom. The highest BCUT2D eigenvalue weighted by atomic mass is 35.5. The van der Waals surface area contributed by atoms with Crippen LogP contribution in [0.1, 0.15) is 22.6 Å². The molecule has 3 rings (SSSR count). The van der Waals surface area contributed by atoms with E-state index in [0.29, 0.717) is 22.9 Å². The molecular formula is C18H18ClNO3. The maximum absolute atomic E-state index is 12.4. The second-order valence-electron chi connectivity index (χ2n) is 5.58. The van der Waals surface area contributed by atoms with Gasteiger partial charge in [-0.05, 0) is 36.1 Å². The molecule has 0 unspecified atom stereocenters. The molecule has 0 aromatic heterocycles. The van der Waals surface area contributed by atoms with Crippen LogP contribution in [0.4, 0.5) is 5.69 Å². The molecule has 1 atom stereocenters. The van der Waals surface area contributed by atoms with Gasteiger partial charge in [0, 0.05) is 16.8 Å². The zero-order valence-corrected chi connectivity index (χ0v) is 14.0. The first kappa shape index (κ1) is 15.7. The van der Waals surface area contributed by atoms with E-state index in [9.17, 15) is 4.79 Å². The molecule has 0 bridgehead atoms. The van der Waals surface area contributed by atoms with Crippen LogP contribution in [0, 0.1) is 6.92 Å². The van der Waals surface area contributed by atoms with Gasteiger partial charge in [0.15, 0.2) is 11.5 Å². The van der Waals surface area contributed by atoms with Gasteiger partial charge >= 0.3 is 0 Å². The quantitative estimate of drug-likeness (QED) is 0.923. The van der Waals surface area contributed by atoms with E-state index in [1.165, 1.54) is 0 Å². The van der Waals surface area contributed by atoms with Crippen LogP contribution >= 0.6 is 11.6 Å². The lowest BCUT2D eigenvalue weighted by atomic mass is 9.92. The molecule has 0 aliphatic carbocycles. The Morgan fingerprint density at radius 1 is 1.17 bits per heavy atom. The van der Waals surface area contributed by atoms with Crippen LogP contribution in [-0.4, -0.2) is 20.1 Å². The highest BCUT2D eigenvalue weighted by Crippen LogP contribution is 2.40. The van der Waals surface area contributed by atoms with Crippen molar-refractivity contribution in [2.75, 3.05) is 19.5 Å². The highest BCUT2D eigenvalue weighted by molar-refractivity contribution is 6.31. The average molecular weight is 332 g/mol. The number of hydrogen-bond donors (Lipinski definition) is 1. The third-order valence-corrected chi connectivity index (χ3v) is 4.57. The van der Waals surface area contributed by atoms with Gasteiger partial charge in [0.1, 0.15) is 0 Å². The third-order valence-electron chi connectivity index (χ3n) is 4.22. The van der Waals surface area contributed by atoms with E-state index in [0.717, 1.165) is 22.4 Å². The van der Waals surface area contributed by atoms with E-state index in [-0.39, 0.29) is 11.8 Å². The number of ether oxygens (including phenoxy) is 2. The van der Waals surface area contributed by atoms with Crippen LogP contribution in [0.15, 0.2) is 30.3 Å². The zero-order valence-electron chi connectivity index (χ0n) is 13.3. The van der Waals surface area contributed by atoms with Gasteiger partial charge in [-0.15, -0.1) is 0 Å². The van der Waals surface area contributed by atoms with Crippen molar-refractivity contribution in [2.24, 2.45) is 0 Å². The van der Waals surface area contributed by atoms with Crippen molar-refractivity contribution in [1.29, 1.82) is 0 Å². The normalized spacial score (nSPS) is 16.0. The summed E-state index contributed by atoms with van der Waals surface area (Å²) >= 11 is 6.35. The number of aryl methyl sites for hydroxylation is 1. The van der Waals surface area contributed by atoms with Gasteiger partial charge in [-0.25, -0.2) is 0 Å². The minimum absolute atomic E-state index is 0.000140. The monoisotopic (exact) mass is 331 g/mol. The average Bonchev–Trinajstić information content (AvgIpc) is 2.86. The molecule has 0 saturated heterocycles. The lowest BCUT2D eigenvalue weighted by molar-refractivity contribution is -0.117. The molecule has 4 nitrogen and oxygen atoms in total. The minimum Gasteiger partial charge on any atom is -0.493 e. The lowest BCUT2D eigenvalue weighted by Crippen LogP contribution is -2.14. The van der Waals surface area contributed by atoms with Crippen LogP contribution in [0.25, 0.3) is 0 Å². The standard InChI is InChI=1S/C18H18ClNO3/c1-10-5-4-6-12-13(18(21)20-17(10)12)7-11-8-15(22-2)16(23-3)9-14(11)19/h4-6,8-9,13H,7H2,1-3H3,(H,20,21)/t13-/m0/s1. The summed E-state index contributed by atoms with van der Waals surface area (Å²) in [5.41, 5.74) is 3.86. The van der Waals surface area contributed by atoms with Crippen LogP contribution in [0.2, 0.25) is 5.02 Å². The van der Waals surface area contributed by atoms with Gasteiger partial charge in [-0.2, -0.15) is 0 Å². The number of fused-ring (bicyclic) bond motifs is 1. The topological polar surface area (TPSA) is 47.6 Å². The number of carbonyl (C=O) groups excluding carboxylic acids is 1. The predicted octanol–water partition coefficient (Wildman–Crippen LogP) is 3.94. The van der Waals surface area contributed by atoms with Crippen molar-refractivity contribution in [2.45, 2.75) is 19.3 Å². The summed E-state index contributed by atoms with van der Waals surface area (Å²) in [5.74, 6) is 0.934. The second kappa shape index (κ2) is 6.13. The van der Waals surface area contributed by atoms with Crippen molar-refractivity contribution >= 4 is 23.2 Å². The van der Waals surface area contributed by atoms with Gasteiger partial charge in [0.25, 0.3) is 0 Å². The van der Waals surface area contributed by atoms with Crippen molar-refractivity contribution < 1.29 is 14.3 Å².